The molecule has 2 amide bonds. The van der Waals surface area contributed by atoms with Crippen LogP contribution in [0.5, 0.6) is 5.75 Å². The number of carbonyl (C=O) groups is 4. The van der Waals surface area contributed by atoms with Gasteiger partial charge in [0.1, 0.15) is 10.8 Å². The molecule has 10 heteroatoms. The van der Waals surface area contributed by atoms with Crippen LogP contribution >= 0.6 is 11.3 Å². The Balaban J connectivity index is 1.86. The molecule has 0 aliphatic carbocycles. The summed E-state index contributed by atoms with van der Waals surface area (Å²) in [6.07, 6.45) is 0. The van der Waals surface area contributed by atoms with Crippen molar-refractivity contribution in [2.75, 3.05) is 31.5 Å². The summed E-state index contributed by atoms with van der Waals surface area (Å²) in [5.74, 6) is -1.60. The van der Waals surface area contributed by atoms with Gasteiger partial charge in [-0.15, -0.1) is 11.3 Å². The summed E-state index contributed by atoms with van der Waals surface area (Å²) in [6, 6.07) is 12.7. The Morgan fingerprint density at radius 1 is 0.886 bits per heavy atom. The molecule has 2 N–H and O–H groups in total. The minimum atomic E-state index is -0.683. The van der Waals surface area contributed by atoms with Crippen molar-refractivity contribution in [3.63, 3.8) is 0 Å². The second kappa shape index (κ2) is 11.3. The number of ether oxygens (including phenoxy) is 3. The predicted octanol–water partition coefficient (Wildman–Crippen LogP) is 4.53. The Hall–Kier alpha value is -4.18. The average molecular weight is 497 g/mol. The minimum absolute atomic E-state index is 0.0940. The molecule has 0 fully saturated rings. The van der Waals surface area contributed by atoms with Crippen LogP contribution < -0.4 is 15.4 Å². The second-order valence-corrected chi connectivity index (χ2v) is 8.21. The van der Waals surface area contributed by atoms with Crippen LogP contribution in [0.2, 0.25) is 0 Å². The van der Waals surface area contributed by atoms with Crippen LogP contribution in [0, 0.1) is 6.92 Å². The van der Waals surface area contributed by atoms with E-state index in [-0.39, 0.29) is 22.0 Å². The third-order valence-corrected chi connectivity index (χ3v) is 6.16. The van der Waals surface area contributed by atoms with E-state index in [0.717, 1.165) is 11.3 Å². The lowest BCUT2D eigenvalue weighted by Crippen LogP contribution is -2.14. The molecule has 35 heavy (non-hydrogen) atoms. The van der Waals surface area contributed by atoms with Crippen molar-refractivity contribution in [2.45, 2.75) is 13.8 Å². The molecule has 9 nitrogen and oxygen atoms in total. The van der Waals surface area contributed by atoms with E-state index in [1.807, 2.05) is 0 Å². The topological polar surface area (TPSA) is 120 Å². The first-order valence-electron chi connectivity index (χ1n) is 10.5. The number of thiophene rings is 1. The van der Waals surface area contributed by atoms with E-state index in [0.29, 0.717) is 28.1 Å². The summed E-state index contributed by atoms with van der Waals surface area (Å²) in [5.41, 5.74) is 1.57. The van der Waals surface area contributed by atoms with Crippen molar-refractivity contribution in [3.05, 3.63) is 75.7 Å². The second-order valence-electron chi connectivity index (χ2n) is 7.19. The van der Waals surface area contributed by atoms with Crippen LogP contribution in [0.25, 0.3) is 0 Å². The van der Waals surface area contributed by atoms with Gasteiger partial charge in [0.05, 0.1) is 36.8 Å². The molecule has 0 aliphatic heterocycles. The molecule has 1 aromatic heterocycles. The van der Waals surface area contributed by atoms with Crippen molar-refractivity contribution in [3.8, 4) is 5.75 Å². The van der Waals surface area contributed by atoms with Crippen molar-refractivity contribution in [1.29, 1.82) is 0 Å². The Kier molecular flexibility index (Phi) is 8.21. The Morgan fingerprint density at radius 3 is 2.23 bits per heavy atom. The Bertz CT molecular complexity index is 1270. The Labute approximate surface area is 206 Å². The number of esters is 2. The molecule has 0 saturated carbocycles. The fourth-order valence-corrected chi connectivity index (χ4v) is 4.28. The highest BCUT2D eigenvalue weighted by atomic mass is 32.1. The predicted molar refractivity (Wildman–Crippen MR) is 132 cm³/mol. The van der Waals surface area contributed by atoms with Crippen LogP contribution in [0.4, 0.5) is 10.7 Å². The zero-order valence-corrected chi connectivity index (χ0v) is 20.4. The van der Waals surface area contributed by atoms with Crippen LogP contribution in [-0.2, 0) is 9.47 Å². The van der Waals surface area contributed by atoms with Gasteiger partial charge < -0.3 is 24.8 Å². The summed E-state index contributed by atoms with van der Waals surface area (Å²) in [5, 5.41) is 5.61. The van der Waals surface area contributed by atoms with Gasteiger partial charge in [-0.3, -0.25) is 9.59 Å². The summed E-state index contributed by atoms with van der Waals surface area (Å²) in [4.78, 5) is 50.3. The highest BCUT2D eigenvalue weighted by Crippen LogP contribution is 2.34. The van der Waals surface area contributed by atoms with Crippen LogP contribution in [0.1, 0.15) is 53.2 Å². The first-order valence-corrected chi connectivity index (χ1v) is 11.4. The van der Waals surface area contributed by atoms with E-state index >= 15 is 0 Å². The third-order valence-electron chi connectivity index (χ3n) is 4.96. The molecular formula is C25H24N2O7S. The summed E-state index contributed by atoms with van der Waals surface area (Å²) in [6.45, 7) is 3.57. The number of benzene rings is 2. The number of hydrogen-bond donors (Lipinski definition) is 2. The molecule has 0 atom stereocenters. The van der Waals surface area contributed by atoms with E-state index in [2.05, 4.69) is 10.6 Å². The van der Waals surface area contributed by atoms with E-state index in [1.165, 1.54) is 26.4 Å². The number of anilines is 2. The SMILES string of the molecule is CCOC(=O)c1ccc(NC(=O)c2sc(NC(=O)c3cccc(OC)c3)c(C(=O)OC)c2C)cc1. The monoisotopic (exact) mass is 496 g/mol. The van der Waals surface area contributed by atoms with Crippen molar-refractivity contribution >= 4 is 45.8 Å². The zero-order chi connectivity index (χ0) is 25.5. The molecule has 0 unspecified atom stereocenters. The van der Waals surface area contributed by atoms with Gasteiger partial charge in [0.25, 0.3) is 11.8 Å². The largest absolute Gasteiger partial charge is 0.497 e. The van der Waals surface area contributed by atoms with Crippen molar-refractivity contribution in [1.82, 2.24) is 0 Å². The quantitative estimate of drug-likeness (QED) is 0.440. The lowest BCUT2D eigenvalue weighted by Gasteiger charge is -2.07. The number of carbonyl (C=O) groups excluding carboxylic acids is 4. The van der Waals surface area contributed by atoms with Gasteiger partial charge in [0.15, 0.2) is 0 Å². The normalized spacial score (nSPS) is 10.3. The molecule has 0 radical (unpaired) electrons. The van der Waals surface area contributed by atoms with Gasteiger partial charge in [-0.25, -0.2) is 9.59 Å². The van der Waals surface area contributed by atoms with Gasteiger partial charge in [-0.2, -0.15) is 0 Å². The first kappa shape index (κ1) is 25.4. The standard InChI is InChI=1S/C25H24N2O7S/c1-5-34-24(30)15-9-11-17(12-10-15)26-22(29)20-14(2)19(25(31)33-4)23(35-20)27-21(28)16-7-6-8-18(13-16)32-3/h6-13H,5H2,1-4H3,(H,26,29)(H,27,28). The zero-order valence-electron chi connectivity index (χ0n) is 19.6. The molecule has 0 saturated heterocycles. The lowest BCUT2D eigenvalue weighted by atomic mass is 10.1. The number of nitrogens with one attached hydrogen (secondary N) is 2. The molecule has 3 aromatic rings. The van der Waals surface area contributed by atoms with Gasteiger partial charge in [0, 0.05) is 11.3 Å². The number of rotatable bonds is 8. The van der Waals surface area contributed by atoms with E-state index < -0.39 is 23.8 Å². The maximum absolute atomic E-state index is 13.0. The maximum atomic E-state index is 13.0. The summed E-state index contributed by atoms with van der Waals surface area (Å²) < 4.78 is 15.0. The smallest absolute Gasteiger partial charge is 0.341 e. The molecule has 0 aliphatic rings. The maximum Gasteiger partial charge on any atom is 0.341 e. The Morgan fingerprint density at radius 2 is 1.60 bits per heavy atom. The third kappa shape index (κ3) is 5.85. The molecule has 182 valence electrons. The van der Waals surface area contributed by atoms with Crippen LogP contribution in [0.3, 0.4) is 0 Å². The van der Waals surface area contributed by atoms with Crippen LogP contribution in [0.15, 0.2) is 48.5 Å². The highest BCUT2D eigenvalue weighted by molar-refractivity contribution is 7.19. The van der Waals surface area contributed by atoms with Gasteiger partial charge in [-0.1, -0.05) is 6.07 Å². The lowest BCUT2D eigenvalue weighted by molar-refractivity contribution is 0.0525. The molecule has 0 spiro atoms. The van der Waals surface area contributed by atoms with Gasteiger partial charge in [0.2, 0.25) is 0 Å². The molecule has 3 rings (SSSR count). The molecule has 1 heterocycles. The average Bonchev–Trinajstić information content (AvgIpc) is 3.19. The first-order chi connectivity index (χ1) is 16.8. The van der Waals surface area contributed by atoms with Crippen LogP contribution in [-0.4, -0.2) is 44.6 Å². The van der Waals surface area contributed by atoms with E-state index in [1.54, 1.807) is 50.2 Å². The van der Waals surface area contributed by atoms with E-state index in [9.17, 15) is 19.2 Å². The molecule has 0 bridgehead atoms. The number of amides is 2. The van der Waals surface area contributed by atoms with E-state index in [4.69, 9.17) is 14.2 Å². The minimum Gasteiger partial charge on any atom is -0.497 e. The van der Waals surface area contributed by atoms with Crippen molar-refractivity contribution in [2.24, 2.45) is 0 Å². The van der Waals surface area contributed by atoms with Crippen molar-refractivity contribution < 1.29 is 33.4 Å². The fraction of sp³-hybridized carbons (Fsp3) is 0.200. The highest BCUT2D eigenvalue weighted by Gasteiger charge is 2.27. The molecular weight excluding hydrogens is 472 g/mol. The van der Waals surface area contributed by atoms with Gasteiger partial charge >= 0.3 is 11.9 Å². The number of hydrogen-bond acceptors (Lipinski definition) is 8. The number of methoxy groups -OCH3 is 2. The fourth-order valence-electron chi connectivity index (χ4n) is 3.20. The molecule has 2 aromatic carbocycles. The summed E-state index contributed by atoms with van der Waals surface area (Å²) >= 11 is 0.955. The summed E-state index contributed by atoms with van der Waals surface area (Å²) in [7, 11) is 2.71. The van der Waals surface area contributed by atoms with Gasteiger partial charge in [-0.05, 0) is 61.9 Å².